The van der Waals surface area contributed by atoms with Crippen LogP contribution in [0.2, 0.25) is 0 Å². The Balaban J connectivity index is 2.32. The maximum Gasteiger partial charge on any atom is 0.274 e. The van der Waals surface area contributed by atoms with E-state index in [9.17, 15) is 13.2 Å². The highest BCUT2D eigenvalue weighted by molar-refractivity contribution is 7.91. The van der Waals surface area contributed by atoms with Crippen LogP contribution in [0.3, 0.4) is 0 Å². The molecule has 2 rings (SSSR count). The van der Waals surface area contributed by atoms with E-state index in [-0.39, 0.29) is 41.1 Å². The third-order valence-electron chi connectivity index (χ3n) is 3.71. The van der Waals surface area contributed by atoms with E-state index in [1.807, 2.05) is 20.8 Å². The Morgan fingerprint density at radius 1 is 1.29 bits per heavy atom. The molecule has 0 radical (unpaired) electrons. The fourth-order valence-corrected chi connectivity index (χ4v) is 4.23. The predicted molar refractivity (Wildman–Crippen MR) is 79.7 cm³/mol. The molecule has 21 heavy (non-hydrogen) atoms. The van der Waals surface area contributed by atoms with Crippen molar-refractivity contribution in [3.63, 3.8) is 0 Å². The number of carbonyl (C=O) groups excluding carboxylic acids is 1. The van der Waals surface area contributed by atoms with E-state index in [4.69, 9.17) is 0 Å². The number of hydrogen-bond donors (Lipinski definition) is 0. The highest BCUT2D eigenvalue weighted by Gasteiger charge is 2.41. The zero-order chi connectivity index (χ0) is 15.8. The van der Waals surface area contributed by atoms with Crippen molar-refractivity contribution in [2.24, 2.45) is 5.41 Å². The molecule has 1 unspecified atom stereocenters. The topological polar surface area (TPSA) is 80.2 Å². The molecule has 0 saturated carbocycles. The summed E-state index contributed by atoms with van der Waals surface area (Å²) in [6.45, 7) is 7.84. The van der Waals surface area contributed by atoms with Crippen molar-refractivity contribution in [2.45, 2.75) is 33.7 Å². The van der Waals surface area contributed by atoms with Gasteiger partial charge < -0.3 is 4.90 Å². The van der Waals surface area contributed by atoms with E-state index in [0.29, 0.717) is 0 Å². The summed E-state index contributed by atoms with van der Waals surface area (Å²) in [7, 11) is -3.10. The zero-order valence-corrected chi connectivity index (χ0v) is 13.6. The van der Waals surface area contributed by atoms with Gasteiger partial charge in [0.15, 0.2) is 15.5 Å². The number of amides is 1. The van der Waals surface area contributed by atoms with Crippen molar-refractivity contribution in [3.05, 3.63) is 23.5 Å². The van der Waals surface area contributed by atoms with Gasteiger partial charge in [-0.1, -0.05) is 20.8 Å². The van der Waals surface area contributed by atoms with Gasteiger partial charge in [-0.2, -0.15) is 5.10 Å². The smallest absolute Gasteiger partial charge is 0.274 e. The average molecular weight is 311 g/mol. The summed E-state index contributed by atoms with van der Waals surface area (Å²) in [5, 5.41) is 7.81. The molecule has 0 N–H and O–H groups in total. The SMILES string of the molecule is Cc1ccc(C(=O)N2CCS(=O)(=O)CC2C(C)(C)C)nn1. The Morgan fingerprint density at radius 2 is 1.95 bits per heavy atom. The number of carbonyl (C=O) groups is 1. The third kappa shape index (κ3) is 3.58. The van der Waals surface area contributed by atoms with Gasteiger partial charge in [0, 0.05) is 6.54 Å². The van der Waals surface area contributed by atoms with Gasteiger partial charge in [0.2, 0.25) is 0 Å². The Kier molecular flexibility index (Phi) is 4.06. The summed E-state index contributed by atoms with van der Waals surface area (Å²) in [6.07, 6.45) is 0. The summed E-state index contributed by atoms with van der Waals surface area (Å²) >= 11 is 0. The van der Waals surface area contributed by atoms with Gasteiger partial charge >= 0.3 is 0 Å². The molecule has 1 aromatic heterocycles. The van der Waals surface area contributed by atoms with Crippen LogP contribution in [0.5, 0.6) is 0 Å². The van der Waals surface area contributed by atoms with Gasteiger partial charge in [-0.15, -0.1) is 5.10 Å². The second kappa shape index (κ2) is 5.36. The van der Waals surface area contributed by atoms with E-state index >= 15 is 0 Å². The predicted octanol–water partition coefficient (Wildman–Crippen LogP) is 1.07. The van der Waals surface area contributed by atoms with E-state index < -0.39 is 9.84 Å². The van der Waals surface area contributed by atoms with Gasteiger partial charge in [-0.05, 0) is 24.5 Å². The third-order valence-corrected chi connectivity index (χ3v) is 5.34. The molecule has 2 heterocycles. The number of nitrogens with zero attached hydrogens (tertiary/aromatic N) is 3. The molecule has 0 aromatic carbocycles. The second-order valence-electron chi connectivity index (χ2n) is 6.55. The van der Waals surface area contributed by atoms with Gasteiger partial charge in [0.05, 0.1) is 23.2 Å². The Morgan fingerprint density at radius 3 is 2.48 bits per heavy atom. The number of aryl methyl sites for hydroxylation is 1. The molecule has 1 saturated heterocycles. The molecular weight excluding hydrogens is 290 g/mol. The van der Waals surface area contributed by atoms with Gasteiger partial charge in [-0.25, -0.2) is 8.42 Å². The summed E-state index contributed by atoms with van der Waals surface area (Å²) in [6, 6.07) is 3.01. The minimum absolute atomic E-state index is 0.00152. The summed E-state index contributed by atoms with van der Waals surface area (Å²) in [5.74, 6) is -0.246. The second-order valence-corrected chi connectivity index (χ2v) is 8.78. The van der Waals surface area contributed by atoms with Crippen LogP contribution in [-0.4, -0.2) is 53.5 Å². The minimum Gasteiger partial charge on any atom is -0.332 e. The minimum atomic E-state index is -3.10. The van der Waals surface area contributed by atoms with Crippen LogP contribution in [0.25, 0.3) is 0 Å². The lowest BCUT2D eigenvalue weighted by Crippen LogP contribution is -2.56. The van der Waals surface area contributed by atoms with E-state index in [0.717, 1.165) is 5.69 Å². The molecule has 1 fully saturated rings. The summed E-state index contributed by atoms with van der Waals surface area (Å²) in [4.78, 5) is 14.2. The number of sulfone groups is 1. The maximum atomic E-state index is 12.6. The normalized spacial score (nSPS) is 22.1. The number of hydrogen-bond acceptors (Lipinski definition) is 5. The van der Waals surface area contributed by atoms with Crippen molar-refractivity contribution < 1.29 is 13.2 Å². The van der Waals surface area contributed by atoms with Crippen molar-refractivity contribution in [1.29, 1.82) is 0 Å². The Labute approximate surface area is 125 Å². The molecule has 0 spiro atoms. The van der Waals surface area contributed by atoms with Gasteiger partial charge in [0.1, 0.15) is 0 Å². The largest absolute Gasteiger partial charge is 0.332 e. The van der Waals surface area contributed by atoms with Crippen LogP contribution in [0, 0.1) is 12.3 Å². The van der Waals surface area contributed by atoms with E-state index in [1.165, 1.54) is 0 Å². The molecule has 116 valence electrons. The molecule has 1 aliphatic heterocycles. The Bertz CT molecular complexity index is 632. The Hall–Kier alpha value is -1.50. The molecule has 1 amide bonds. The van der Waals surface area contributed by atoms with Crippen molar-refractivity contribution in [3.8, 4) is 0 Å². The van der Waals surface area contributed by atoms with E-state index in [1.54, 1.807) is 24.0 Å². The molecule has 6 nitrogen and oxygen atoms in total. The monoisotopic (exact) mass is 311 g/mol. The zero-order valence-electron chi connectivity index (χ0n) is 12.8. The first-order valence-electron chi connectivity index (χ1n) is 6.92. The molecule has 1 atom stereocenters. The summed E-state index contributed by atoms with van der Waals surface area (Å²) < 4.78 is 23.8. The standard InChI is InChI=1S/C14H21N3O3S/c1-10-5-6-11(16-15-10)13(18)17-7-8-21(19,20)9-12(17)14(2,3)4/h5-6,12H,7-9H2,1-4H3. The lowest BCUT2D eigenvalue weighted by atomic mass is 9.86. The lowest BCUT2D eigenvalue weighted by Gasteiger charge is -2.42. The highest BCUT2D eigenvalue weighted by atomic mass is 32.2. The van der Waals surface area contributed by atoms with E-state index in [2.05, 4.69) is 10.2 Å². The lowest BCUT2D eigenvalue weighted by molar-refractivity contribution is 0.0555. The quantitative estimate of drug-likeness (QED) is 0.775. The van der Waals surface area contributed by atoms with Crippen LogP contribution < -0.4 is 0 Å². The molecule has 0 bridgehead atoms. The van der Waals surface area contributed by atoms with Crippen molar-refractivity contribution in [1.82, 2.24) is 15.1 Å². The highest BCUT2D eigenvalue weighted by Crippen LogP contribution is 2.29. The van der Waals surface area contributed by atoms with Crippen LogP contribution in [0.1, 0.15) is 37.0 Å². The van der Waals surface area contributed by atoms with Crippen LogP contribution >= 0.6 is 0 Å². The fraction of sp³-hybridized carbons (Fsp3) is 0.643. The van der Waals surface area contributed by atoms with Crippen molar-refractivity contribution >= 4 is 15.7 Å². The first-order chi connectivity index (χ1) is 9.60. The average Bonchev–Trinajstić information content (AvgIpc) is 2.37. The van der Waals surface area contributed by atoms with Gasteiger partial charge in [-0.3, -0.25) is 4.79 Å². The van der Waals surface area contributed by atoms with Crippen molar-refractivity contribution in [2.75, 3.05) is 18.1 Å². The van der Waals surface area contributed by atoms with Crippen LogP contribution in [0.4, 0.5) is 0 Å². The molecular formula is C14H21N3O3S. The number of aromatic nitrogens is 2. The molecule has 7 heteroatoms. The molecule has 1 aliphatic rings. The fourth-order valence-electron chi connectivity index (χ4n) is 2.43. The first-order valence-corrected chi connectivity index (χ1v) is 8.74. The van der Waals surface area contributed by atoms with Crippen LogP contribution in [-0.2, 0) is 9.84 Å². The summed E-state index contributed by atoms with van der Waals surface area (Å²) in [5.41, 5.74) is 0.677. The first kappa shape index (κ1) is 15.9. The van der Waals surface area contributed by atoms with Crippen LogP contribution in [0.15, 0.2) is 12.1 Å². The molecule has 0 aliphatic carbocycles. The van der Waals surface area contributed by atoms with Gasteiger partial charge in [0.25, 0.3) is 5.91 Å². The molecule has 1 aromatic rings. The maximum absolute atomic E-state index is 12.6. The number of rotatable bonds is 1.